The van der Waals surface area contributed by atoms with Crippen molar-refractivity contribution >= 4 is 5.78 Å². The lowest BCUT2D eigenvalue weighted by atomic mass is 9.93. The van der Waals surface area contributed by atoms with Gasteiger partial charge in [-0.1, -0.05) is 11.6 Å². The molecule has 0 fully saturated rings. The van der Waals surface area contributed by atoms with Gasteiger partial charge in [-0.25, -0.2) is 0 Å². The van der Waals surface area contributed by atoms with Gasteiger partial charge >= 0.3 is 12.1 Å². The van der Waals surface area contributed by atoms with E-state index in [0.717, 1.165) is 6.07 Å². The van der Waals surface area contributed by atoms with E-state index in [0.29, 0.717) is 5.56 Å². The fourth-order valence-corrected chi connectivity index (χ4v) is 1.88. The third-order valence-corrected chi connectivity index (χ3v) is 2.96. The molecule has 1 aliphatic heterocycles. The van der Waals surface area contributed by atoms with E-state index in [4.69, 9.17) is 0 Å². The van der Waals surface area contributed by atoms with Gasteiger partial charge in [0.2, 0.25) is 0 Å². The molecule has 20 heavy (non-hydrogen) atoms. The summed E-state index contributed by atoms with van der Waals surface area (Å²) in [7, 11) is 0. The van der Waals surface area contributed by atoms with Gasteiger partial charge in [-0.2, -0.15) is 22.0 Å². The fraction of sp³-hybridized carbons (Fsp3) is 0.417. The Bertz CT molecular complexity index is 567. The zero-order valence-corrected chi connectivity index (χ0v) is 10.1. The van der Waals surface area contributed by atoms with Crippen molar-refractivity contribution in [3.8, 4) is 5.75 Å². The summed E-state index contributed by atoms with van der Waals surface area (Å²) >= 11 is 0. The minimum absolute atomic E-state index is 0.132. The average molecular weight is 296 g/mol. The Hall–Kier alpha value is -1.70. The second kappa shape index (κ2) is 4.15. The number of rotatable bonds is 1. The predicted molar refractivity (Wildman–Crippen MR) is 56.7 cm³/mol. The van der Waals surface area contributed by atoms with Crippen LogP contribution in [0.25, 0.3) is 0 Å². The number of ketones is 1. The van der Waals surface area contributed by atoms with Crippen LogP contribution in [0.1, 0.15) is 22.3 Å². The Morgan fingerprint density at radius 3 is 2.40 bits per heavy atom. The van der Waals surface area contributed by atoms with Crippen LogP contribution in [0.2, 0.25) is 0 Å². The zero-order valence-electron chi connectivity index (χ0n) is 10.1. The molecular formula is C12H9F5O3. The van der Waals surface area contributed by atoms with Crippen LogP contribution in [0, 0.1) is 6.92 Å². The molecule has 0 saturated heterocycles. The number of hydrogen-bond donors (Lipinski definition) is 1. The second-order valence-corrected chi connectivity index (χ2v) is 4.56. The van der Waals surface area contributed by atoms with Gasteiger partial charge in [0.1, 0.15) is 5.75 Å². The highest BCUT2D eigenvalue weighted by Crippen LogP contribution is 2.48. The summed E-state index contributed by atoms with van der Waals surface area (Å²) in [6, 6.07) is 3.73. The third kappa shape index (κ3) is 2.04. The molecule has 2 rings (SSSR count). The average Bonchev–Trinajstić information content (AvgIpc) is 2.28. The molecule has 1 atom stereocenters. The molecule has 0 aliphatic carbocycles. The van der Waals surface area contributed by atoms with Gasteiger partial charge in [0.25, 0.3) is 5.79 Å². The van der Waals surface area contributed by atoms with Crippen molar-refractivity contribution in [3.05, 3.63) is 29.3 Å². The largest absolute Gasteiger partial charge is 0.460 e. The SMILES string of the molecule is Cc1ccc2c(c1)C(=O)C[C@@](O)(C(F)(F)C(F)(F)F)O2. The summed E-state index contributed by atoms with van der Waals surface area (Å²) in [5.74, 6) is -11.1. The van der Waals surface area contributed by atoms with E-state index in [1.165, 1.54) is 12.1 Å². The first kappa shape index (κ1) is 14.7. The van der Waals surface area contributed by atoms with Gasteiger partial charge in [0.15, 0.2) is 5.78 Å². The maximum Gasteiger partial charge on any atom is 0.460 e. The van der Waals surface area contributed by atoms with Crippen molar-refractivity contribution in [1.82, 2.24) is 0 Å². The molecule has 0 unspecified atom stereocenters. The lowest BCUT2D eigenvalue weighted by Crippen LogP contribution is -2.62. The topological polar surface area (TPSA) is 46.5 Å². The third-order valence-electron chi connectivity index (χ3n) is 2.96. The van der Waals surface area contributed by atoms with Gasteiger partial charge in [0, 0.05) is 0 Å². The molecular weight excluding hydrogens is 287 g/mol. The van der Waals surface area contributed by atoms with E-state index in [9.17, 15) is 31.9 Å². The zero-order chi connectivity index (χ0) is 15.3. The summed E-state index contributed by atoms with van der Waals surface area (Å²) in [4.78, 5) is 11.7. The molecule has 3 nitrogen and oxygen atoms in total. The summed E-state index contributed by atoms with van der Waals surface area (Å²) in [5, 5.41) is 9.51. The summed E-state index contributed by atoms with van der Waals surface area (Å²) < 4.78 is 68.0. The molecule has 1 N–H and O–H groups in total. The molecule has 1 aliphatic rings. The number of ether oxygens (including phenoxy) is 1. The smallest absolute Gasteiger partial charge is 0.454 e. The molecule has 0 bridgehead atoms. The van der Waals surface area contributed by atoms with Crippen LogP contribution in [-0.2, 0) is 0 Å². The Kier molecular flexibility index (Phi) is 3.05. The number of halogens is 5. The van der Waals surface area contributed by atoms with Crippen molar-refractivity contribution in [1.29, 1.82) is 0 Å². The van der Waals surface area contributed by atoms with Crippen LogP contribution < -0.4 is 4.74 Å². The van der Waals surface area contributed by atoms with Gasteiger partial charge in [0.05, 0.1) is 12.0 Å². The fourth-order valence-electron chi connectivity index (χ4n) is 1.88. The number of aliphatic hydroxyl groups is 1. The van der Waals surface area contributed by atoms with Crippen LogP contribution in [0.4, 0.5) is 22.0 Å². The molecule has 0 aromatic heterocycles. The van der Waals surface area contributed by atoms with E-state index in [1.54, 1.807) is 6.92 Å². The molecule has 110 valence electrons. The number of aryl methyl sites for hydroxylation is 1. The lowest BCUT2D eigenvalue weighted by molar-refractivity contribution is -0.384. The van der Waals surface area contributed by atoms with E-state index in [1.807, 2.05) is 0 Å². The van der Waals surface area contributed by atoms with Crippen molar-refractivity contribution in [2.45, 2.75) is 31.2 Å². The van der Waals surface area contributed by atoms with Gasteiger partial charge < -0.3 is 9.84 Å². The summed E-state index contributed by atoms with van der Waals surface area (Å²) in [6.07, 6.45) is -7.51. The van der Waals surface area contributed by atoms with E-state index in [-0.39, 0.29) is 5.56 Å². The Morgan fingerprint density at radius 1 is 1.25 bits per heavy atom. The first-order valence-electron chi connectivity index (χ1n) is 5.48. The quantitative estimate of drug-likeness (QED) is 0.811. The lowest BCUT2D eigenvalue weighted by Gasteiger charge is -2.39. The highest BCUT2D eigenvalue weighted by atomic mass is 19.4. The van der Waals surface area contributed by atoms with Crippen LogP contribution in [0.3, 0.4) is 0 Å². The highest BCUT2D eigenvalue weighted by Gasteiger charge is 2.73. The Balaban J connectivity index is 2.49. The molecule has 8 heteroatoms. The standard InChI is InChI=1S/C12H9F5O3/c1-6-2-3-9-7(4-6)8(18)5-10(19,20-9)11(13,14)12(15,16)17/h2-4,19H,5H2,1H3/t10-/m0/s1. The number of Topliss-reactive ketones (excluding diaryl/α,β-unsaturated/α-hetero) is 1. The number of carbonyl (C=O) groups excluding carboxylic acids is 1. The minimum Gasteiger partial charge on any atom is -0.454 e. The van der Waals surface area contributed by atoms with Crippen molar-refractivity contribution in [2.24, 2.45) is 0 Å². The van der Waals surface area contributed by atoms with Gasteiger partial charge in [-0.15, -0.1) is 0 Å². The molecule has 0 amide bonds. The molecule has 0 saturated carbocycles. The van der Waals surface area contributed by atoms with Gasteiger partial charge in [-0.3, -0.25) is 4.79 Å². The maximum atomic E-state index is 13.3. The molecule has 1 aromatic carbocycles. The van der Waals surface area contributed by atoms with Crippen molar-refractivity contribution in [3.63, 3.8) is 0 Å². The Labute approximate surface area is 110 Å². The monoisotopic (exact) mass is 296 g/mol. The number of benzene rings is 1. The number of hydrogen-bond acceptors (Lipinski definition) is 3. The van der Waals surface area contributed by atoms with Crippen LogP contribution in [0.15, 0.2) is 18.2 Å². The van der Waals surface area contributed by atoms with E-state index < -0.39 is 35.8 Å². The first-order valence-corrected chi connectivity index (χ1v) is 5.48. The van der Waals surface area contributed by atoms with E-state index in [2.05, 4.69) is 4.74 Å². The molecule has 1 aromatic rings. The minimum atomic E-state index is -6.04. The van der Waals surface area contributed by atoms with Gasteiger partial charge in [-0.05, 0) is 19.1 Å². The Morgan fingerprint density at radius 2 is 1.85 bits per heavy atom. The highest BCUT2D eigenvalue weighted by molar-refractivity contribution is 6.00. The van der Waals surface area contributed by atoms with Crippen LogP contribution >= 0.6 is 0 Å². The molecule has 0 spiro atoms. The van der Waals surface area contributed by atoms with Crippen molar-refractivity contribution < 1.29 is 36.6 Å². The molecule has 1 heterocycles. The van der Waals surface area contributed by atoms with Crippen LogP contribution in [0.5, 0.6) is 5.75 Å². The first-order chi connectivity index (χ1) is 8.98. The second-order valence-electron chi connectivity index (χ2n) is 4.56. The number of fused-ring (bicyclic) bond motifs is 1. The predicted octanol–water partition coefficient (Wildman–Crippen LogP) is 2.85. The number of carbonyl (C=O) groups is 1. The van der Waals surface area contributed by atoms with Crippen molar-refractivity contribution in [2.75, 3.05) is 0 Å². The van der Waals surface area contributed by atoms with E-state index >= 15 is 0 Å². The normalized spacial score (nSPS) is 23.2. The molecule has 0 radical (unpaired) electrons. The number of alkyl halides is 5. The summed E-state index contributed by atoms with van der Waals surface area (Å²) in [6.45, 7) is 1.61. The maximum absolute atomic E-state index is 13.3. The van der Waals surface area contributed by atoms with Crippen LogP contribution in [-0.4, -0.2) is 28.8 Å². The summed E-state index contributed by atoms with van der Waals surface area (Å²) in [5.41, 5.74) is 0.473.